The molecular weight excluding hydrogens is 402 g/mol. The lowest BCUT2D eigenvalue weighted by Crippen LogP contribution is -2.27. The van der Waals surface area contributed by atoms with E-state index in [1.165, 1.54) is 49.7 Å². The van der Waals surface area contributed by atoms with Crippen molar-refractivity contribution in [1.29, 1.82) is 0 Å². The van der Waals surface area contributed by atoms with Gasteiger partial charge in [0.15, 0.2) is 11.0 Å². The quantitative estimate of drug-likeness (QED) is 0.213. The zero-order valence-corrected chi connectivity index (χ0v) is 21.4. The van der Waals surface area contributed by atoms with E-state index in [4.69, 9.17) is 4.98 Å². The summed E-state index contributed by atoms with van der Waals surface area (Å²) in [6.45, 7) is 16.2. The maximum atomic E-state index is 4.95. The van der Waals surface area contributed by atoms with Gasteiger partial charge in [-0.25, -0.2) is 4.57 Å². The Balaban J connectivity index is 2.03. The Kier molecular flexibility index (Phi) is 4.83. The molecule has 0 bridgehead atoms. The van der Waals surface area contributed by atoms with Crippen LogP contribution in [0.15, 0.2) is 48.7 Å². The molecule has 0 spiro atoms. The monoisotopic (exact) mass is 438 g/mol. The van der Waals surface area contributed by atoms with Crippen LogP contribution in [0.3, 0.4) is 0 Å². The molecule has 0 aliphatic rings. The van der Waals surface area contributed by atoms with Gasteiger partial charge in [-0.05, 0) is 77.6 Å². The Morgan fingerprint density at radius 2 is 1.48 bits per heavy atom. The zero-order chi connectivity index (χ0) is 23.7. The second-order valence-corrected chi connectivity index (χ2v) is 12.2. The van der Waals surface area contributed by atoms with E-state index in [1.807, 2.05) is 6.20 Å². The van der Waals surface area contributed by atoms with Gasteiger partial charge >= 0.3 is 0 Å². The highest BCUT2D eigenvalue weighted by Gasteiger charge is 2.27. The van der Waals surface area contributed by atoms with Gasteiger partial charge in [-0.2, -0.15) is 4.40 Å². The van der Waals surface area contributed by atoms with Crippen LogP contribution >= 0.6 is 0 Å². The fraction of sp³-hybridized carbons (Fsp3) is 0.400. The lowest BCUT2D eigenvalue weighted by Gasteiger charge is -2.25. The van der Waals surface area contributed by atoms with Crippen LogP contribution in [-0.4, -0.2) is 9.38 Å². The third-order valence-electron chi connectivity index (χ3n) is 6.65. The third kappa shape index (κ3) is 3.68. The van der Waals surface area contributed by atoms with E-state index in [1.54, 1.807) is 0 Å². The summed E-state index contributed by atoms with van der Waals surface area (Å²) in [6, 6.07) is 15.8. The first-order valence-corrected chi connectivity index (χ1v) is 12.1. The van der Waals surface area contributed by atoms with Crippen molar-refractivity contribution in [2.24, 2.45) is 17.9 Å². The Hall–Kier alpha value is -2.94. The average Bonchev–Trinajstić information content (AvgIpc) is 3.00. The number of rotatable bonds is 2. The second kappa shape index (κ2) is 7.28. The Morgan fingerprint density at radius 3 is 2.15 bits per heavy atom. The predicted octanol–water partition coefficient (Wildman–Crippen LogP) is 7.10. The number of pyridine rings is 2. The highest BCUT2D eigenvalue weighted by Crippen LogP contribution is 2.36. The Morgan fingerprint density at radius 1 is 0.848 bits per heavy atom. The number of hydrogen-bond acceptors (Lipinski definition) is 1. The molecule has 0 aliphatic carbocycles. The molecule has 33 heavy (non-hydrogen) atoms. The molecule has 0 aliphatic heterocycles. The largest absolute Gasteiger partial charge is 0.297 e. The van der Waals surface area contributed by atoms with E-state index in [9.17, 15) is 0 Å². The van der Waals surface area contributed by atoms with Crippen molar-refractivity contribution in [3.63, 3.8) is 0 Å². The van der Waals surface area contributed by atoms with Crippen molar-refractivity contribution in [3.8, 4) is 0 Å². The van der Waals surface area contributed by atoms with Crippen LogP contribution < -0.4 is 4.57 Å². The predicted molar refractivity (Wildman–Crippen MR) is 140 cm³/mol. The maximum absolute atomic E-state index is 4.95. The second-order valence-electron chi connectivity index (χ2n) is 12.2. The zero-order valence-electron chi connectivity index (χ0n) is 21.4. The molecule has 0 amide bonds. The van der Waals surface area contributed by atoms with E-state index >= 15 is 0 Å². The number of aromatic nitrogens is 3. The van der Waals surface area contributed by atoms with Gasteiger partial charge in [-0.3, -0.25) is 4.98 Å². The normalized spacial score (nSPS) is 13.1. The van der Waals surface area contributed by atoms with Crippen molar-refractivity contribution in [2.75, 3.05) is 0 Å². The van der Waals surface area contributed by atoms with E-state index in [0.29, 0.717) is 0 Å². The molecule has 5 aromatic rings. The van der Waals surface area contributed by atoms with E-state index < -0.39 is 0 Å². The summed E-state index contributed by atoms with van der Waals surface area (Å²) < 4.78 is 4.80. The first-order chi connectivity index (χ1) is 15.4. The highest BCUT2D eigenvalue weighted by atomic mass is 15.1. The average molecular weight is 439 g/mol. The van der Waals surface area contributed by atoms with Gasteiger partial charge < -0.3 is 0 Å². The number of hydrogen-bond donors (Lipinski definition) is 0. The van der Waals surface area contributed by atoms with Crippen molar-refractivity contribution >= 4 is 38.5 Å². The molecule has 3 heterocycles. The molecule has 0 saturated carbocycles. The molecule has 170 valence electrons. The van der Waals surface area contributed by atoms with Crippen LogP contribution in [-0.2, 0) is 19.9 Å². The van der Waals surface area contributed by atoms with Gasteiger partial charge in [0.1, 0.15) is 5.52 Å². The van der Waals surface area contributed by atoms with Crippen LogP contribution in [0, 0.1) is 17.8 Å². The summed E-state index contributed by atoms with van der Waals surface area (Å²) in [6.07, 6.45) is 4.07. The Labute approximate surface area is 197 Å². The summed E-state index contributed by atoms with van der Waals surface area (Å²) in [5, 5.41) is 2.49. The summed E-state index contributed by atoms with van der Waals surface area (Å²) in [4.78, 5) is 4.95. The number of imidazole rings is 1. The molecule has 5 rings (SSSR count). The third-order valence-corrected chi connectivity index (χ3v) is 6.65. The standard InChI is InChI=1S/C30H36N3/c1-19-13-14-31-27-22-15-20(17-29(2,3)4)21(18-30(5,6)7)16-25(22)33-24-12-10-9-11-23(24)32(8)28(33)26(19)27/h9-16H,17-18H2,1-8H3/q+1. The molecule has 0 N–H and O–H groups in total. The van der Waals surface area contributed by atoms with Gasteiger partial charge in [0, 0.05) is 11.6 Å². The minimum atomic E-state index is 0.217. The molecule has 0 atom stereocenters. The van der Waals surface area contributed by atoms with Gasteiger partial charge in [-0.1, -0.05) is 53.7 Å². The number of benzene rings is 2. The minimum absolute atomic E-state index is 0.217. The van der Waals surface area contributed by atoms with E-state index in [0.717, 1.165) is 18.4 Å². The smallest absolute Gasteiger partial charge is 0.255 e. The van der Waals surface area contributed by atoms with Crippen LogP contribution in [0.1, 0.15) is 58.2 Å². The van der Waals surface area contributed by atoms with Gasteiger partial charge in [0.05, 0.1) is 18.0 Å². The van der Waals surface area contributed by atoms with Crippen LogP contribution in [0.2, 0.25) is 0 Å². The van der Waals surface area contributed by atoms with Crippen LogP contribution in [0.5, 0.6) is 0 Å². The highest BCUT2D eigenvalue weighted by molar-refractivity contribution is 6.12. The summed E-state index contributed by atoms with van der Waals surface area (Å²) in [7, 11) is 2.18. The molecule has 3 heteroatoms. The van der Waals surface area contributed by atoms with Crippen molar-refractivity contribution < 1.29 is 4.57 Å². The lowest BCUT2D eigenvalue weighted by molar-refractivity contribution is -0.617. The first-order valence-electron chi connectivity index (χ1n) is 12.1. The minimum Gasteiger partial charge on any atom is -0.255 e. The molecule has 3 nitrogen and oxygen atoms in total. The number of aryl methyl sites for hydroxylation is 2. The summed E-state index contributed by atoms with van der Waals surface area (Å²) in [5.74, 6) is 0. The topological polar surface area (TPSA) is 21.2 Å². The number of nitrogens with zero attached hydrogens (tertiary/aromatic N) is 3. The van der Waals surface area contributed by atoms with Gasteiger partial charge in [0.2, 0.25) is 0 Å². The molecule has 0 radical (unpaired) electrons. The van der Waals surface area contributed by atoms with Crippen molar-refractivity contribution in [1.82, 2.24) is 9.38 Å². The SMILES string of the molecule is Cc1ccnc2c3cc(CC(C)(C)C)c(CC(C)(C)C)cc3n3c4ccccc4[n+](C)c3c12. The summed E-state index contributed by atoms with van der Waals surface area (Å²) in [5.41, 5.74) is 10.7. The first kappa shape index (κ1) is 21.9. The Bertz CT molecular complexity index is 1540. The maximum Gasteiger partial charge on any atom is 0.297 e. The molecule has 2 aromatic carbocycles. The van der Waals surface area contributed by atoms with Crippen LogP contribution in [0.25, 0.3) is 38.5 Å². The molecule has 0 fully saturated rings. The van der Waals surface area contributed by atoms with E-state index in [2.05, 4.69) is 107 Å². The van der Waals surface area contributed by atoms with Crippen molar-refractivity contribution in [2.45, 2.75) is 61.3 Å². The van der Waals surface area contributed by atoms with Crippen molar-refractivity contribution in [3.05, 3.63) is 65.4 Å². The molecular formula is C30H36N3+. The number of fused-ring (bicyclic) bond motifs is 8. The van der Waals surface area contributed by atoms with Crippen LogP contribution in [0.4, 0.5) is 0 Å². The molecule has 0 unspecified atom stereocenters. The fourth-order valence-electron chi connectivity index (χ4n) is 5.41. The number of para-hydroxylation sites is 2. The molecule has 3 aromatic heterocycles. The lowest BCUT2D eigenvalue weighted by atomic mass is 9.80. The van der Waals surface area contributed by atoms with Gasteiger partial charge in [0.25, 0.3) is 5.65 Å². The fourth-order valence-corrected chi connectivity index (χ4v) is 5.41. The molecule has 0 saturated heterocycles. The summed E-state index contributed by atoms with van der Waals surface area (Å²) >= 11 is 0. The van der Waals surface area contributed by atoms with Gasteiger partial charge in [-0.15, -0.1) is 0 Å². The van der Waals surface area contributed by atoms with E-state index in [-0.39, 0.29) is 10.8 Å².